The first-order valence-electron chi connectivity index (χ1n) is 9.35. The van der Waals surface area contributed by atoms with Crippen molar-refractivity contribution in [2.24, 2.45) is 0 Å². The van der Waals surface area contributed by atoms with Gasteiger partial charge >= 0.3 is 5.97 Å². The molecule has 0 spiro atoms. The highest BCUT2D eigenvalue weighted by Crippen LogP contribution is 2.18. The van der Waals surface area contributed by atoms with Crippen LogP contribution in [0.4, 0.5) is 5.69 Å². The van der Waals surface area contributed by atoms with Crippen LogP contribution in [0, 0.1) is 6.92 Å². The van der Waals surface area contributed by atoms with Crippen molar-refractivity contribution in [2.75, 3.05) is 25.2 Å². The van der Waals surface area contributed by atoms with Gasteiger partial charge < -0.3 is 14.4 Å². The molecule has 0 fully saturated rings. The van der Waals surface area contributed by atoms with E-state index in [0.717, 1.165) is 11.3 Å². The number of ether oxygens (including phenoxy) is 2. The van der Waals surface area contributed by atoms with Crippen LogP contribution >= 0.6 is 0 Å². The lowest BCUT2D eigenvalue weighted by Gasteiger charge is -2.18. The molecule has 3 rings (SSSR count). The van der Waals surface area contributed by atoms with Gasteiger partial charge in [-0.25, -0.2) is 4.79 Å². The zero-order valence-electron chi connectivity index (χ0n) is 16.5. The van der Waals surface area contributed by atoms with E-state index < -0.39 is 5.97 Å². The van der Waals surface area contributed by atoms with Crippen LogP contribution in [-0.2, 0) is 4.74 Å². The minimum absolute atomic E-state index is 0.0871. The number of hydrogen-bond acceptors (Lipinski definition) is 4. The number of para-hydroxylation sites is 1. The monoisotopic (exact) mass is 389 g/mol. The minimum Gasteiger partial charge on any atom is -0.490 e. The molecule has 1 amide bonds. The van der Waals surface area contributed by atoms with Gasteiger partial charge in [0.25, 0.3) is 5.91 Å². The molecule has 0 atom stereocenters. The van der Waals surface area contributed by atoms with Crippen molar-refractivity contribution in [3.05, 3.63) is 95.6 Å². The van der Waals surface area contributed by atoms with E-state index >= 15 is 0 Å². The van der Waals surface area contributed by atoms with Crippen LogP contribution in [0.5, 0.6) is 5.75 Å². The molecule has 0 bridgehead atoms. The lowest BCUT2D eigenvalue weighted by molar-refractivity contribution is 0.0448. The lowest BCUT2D eigenvalue weighted by atomic mass is 10.1. The number of carbonyl (C=O) groups excluding carboxylic acids is 2. The second-order valence-electron chi connectivity index (χ2n) is 6.54. The number of benzene rings is 3. The zero-order chi connectivity index (χ0) is 20.6. The Morgan fingerprint density at radius 3 is 2.10 bits per heavy atom. The Balaban J connectivity index is 1.62. The fourth-order valence-corrected chi connectivity index (χ4v) is 2.80. The van der Waals surface area contributed by atoms with Crippen LogP contribution in [0.15, 0.2) is 78.9 Å². The largest absolute Gasteiger partial charge is 0.490 e. The third kappa shape index (κ3) is 5.23. The van der Waals surface area contributed by atoms with E-state index in [-0.39, 0.29) is 24.7 Å². The molecular weight excluding hydrogens is 366 g/mol. The number of anilines is 1. The highest BCUT2D eigenvalue weighted by atomic mass is 16.6. The van der Waals surface area contributed by atoms with E-state index in [1.807, 2.05) is 61.5 Å². The molecule has 5 nitrogen and oxygen atoms in total. The van der Waals surface area contributed by atoms with Gasteiger partial charge in [0.2, 0.25) is 0 Å². The average molecular weight is 389 g/mol. The van der Waals surface area contributed by atoms with Gasteiger partial charge in [0, 0.05) is 12.7 Å². The van der Waals surface area contributed by atoms with E-state index in [1.54, 1.807) is 31.3 Å². The van der Waals surface area contributed by atoms with Crippen LogP contribution in [0.25, 0.3) is 0 Å². The number of esters is 1. The number of nitrogens with zero attached hydrogens (tertiary/aromatic N) is 1. The molecular formula is C24H23NO4. The smallest absolute Gasteiger partial charge is 0.339 e. The van der Waals surface area contributed by atoms with Crippen molar-refractivity contribution in [1.82, 2.24) is 0 Å². The first-order chi connectivity index (χ1) is 14.1. The van der Waals surface area contributed by atoms with Gasteiger partial charge in [-0.1, -0.05) is 48.0 Å². The first kappa shape index (κ1) is 20.1. The molecule has 0 heterocycles. The highest BCUT2D eigenvalue weighted by molar-refractivity contribution is 6.11. The average Bonchev–Trinajstić information content (AvgIpc) is 2.77. The second-order valence-corrected chi connectivity index (χ2v) is 6.54. The summed E-state index contributed by atoms with van der Waals surface area (Å²) in [6.07, 6.45) is 0. The van der Waals surface area contributed by atoms with Crippen molar-refractivity contribution < 1.29 is 19.1 Å². The Hall–Kier alpha value is -3.60. The van der Waals surface area contributed by atoms with E-state index in [0.29, 0.717) is 11.3 Å². The molecule has 29 heavy (non-hydrogen) atoms. The molecule has 0 aliphatic carbocycles. The van der Waals surface area contributed by atoms with Crippen molar-refractivity contribution in [3.63, 3.8) is 0 Å². The van der Waals surface area contributed by atoms with E-state index in [9.17, 15) is 9.59 Å². The third-order valence-corrected chi connectivity index (χ3v) is 4.43. The van der Waals surface area contributed by atoms with Crippen molar-refractivity contribution >= 4 is 17.6 Å². The first-order valence-corrected chi connectivity index (χ1v) is 9.35. The van der Waals surface area contributed by atoms with Crippen LogP contribution in [0.2, 0.25) is 0 Å². The zero-order valence-corrected chi connectivity index (χ0v) is 16.5. The number of aryl methyl sites for hydroxylation is 1. The van der Waals surface area contributed by atoms with E-state index in [1.165, 1.54) is 4.90 Å². The van der Waals surface area contributed by atoms with Gasteiger partial charge in [0.1, 0.15) is 19.0 Å². The lowest BCUT2D eigenvalue weighted by Crippen LogP contribution is -2.28. The number of hydrogen-bond donors (Lipinski definition) is 0. The standard InChI is InChI=1S/C24H23NO4/c1-18-12-14-20(15-13-18)28-16-17-29-24(27)22-11-7-6-10-21(22)23(26)25(2)19-8-4-3-5-9-19/h3-15H,16-17H2,1-2H3. The molecule has 148 valence electrons. The fraction of sp³-hybridized carbons (Fsp3) is 0.167. The summed E-state index contributed by atoms with van der Waals surface area (Å²) in [5, 5.41) is 0. The topological polar surface area (TPSA) is 55.8 Å². The molecule has 0 radical (unpaired) electrons. The van der Waals surface area contributed by atoms with Gasteiger partial charge in [-0.2, -0.15) is 0 Å². The Kier molecular flexibility index (Phi) is 6.63. The highest BCUT2D eigenvalue weighted by Gasteiger charge is 2.21. The van der Waals surface area contributed by atoms with E-state index in [4.69, 9.17) is 9.47 Å². The summed E-state index contributed by atoms with van der Waals surface area (Å²) in [6, 6.07) is 23.5. The summed E-state index contributed by atoms with van der Waals surface area (Å²) >= 11 is 0. The second kappa shape index (κ2) is 9.55. The van der Waals surface area contributed by atoms with Crippen molar-refractivity contribution in [1.29, 1.82) is 0 Å². The molecule has 5 heteroatoms. The van der Waals surface area contributed by atoms with Gasteiger partial charge in [0.05, 0.1) is 11.1 Å². The Bertz CT molecular complexity index is 968. The van der Waals surface area contributed by atoms with Gasteiger partial charge in [0.15, 0.2) is 0 Å². The minimum atomic E-state index is -0.553. The predicted molar refractivity (Wildman–Crippen MR) is 113 cm³/mol. The quantitative estimate of drug-likeness (QED) is 0.441. The molecule has 3 aromatic rings. The van der Waals surface area contributed by atoms with E-state index in [2.05, 4.69) is 0 Å². The predicted octanol–water partition coefficient (Wildman–Crippen LogP) is 4.51. The molecule has 0 N–H and O–H groups in total. The Morgan fingerprint density at radius 2 is 1.41 bits per heavy atom. The maximum absolute atomic E-state index is 12.9. The SMILES string of the molecule is Cc1ccc(OCCOC(=O)c2ccccc2C(=O)N(C)c2ccccc2)cc1. The summed E-state index contributed by atoms with van der Waals surface area (Å²) in [4.78, 5) is 26.9. The van der Waals surface area contributed by atoms with Crippen LogP contribution < -0.4 is 9.64 Å². The Morgan fingerprint density at radius 1 is 0.793 bits per heavy atom. The fourth-order valence-electron chi connectivity index (χ4n) is 2.80. The summed E-state index contributed by atoms with van der Waals surface area (Å²) in [5.41, 5.74) is 2.41. The molecule has 0 aliphatic heterocycles. The number of carbonyl (C=O) groups is 2. The van der Waals surface area contributed by atoms with Crippen molar-refractivity contribution in [3.8, 4) is 5.75 Å². The number of rotatable bonds is 7. The molecule has 0 unspecified atom stereocenters. The van der Waals surface area contributed by atoms with Gasteiger partial charge in [-0.3, -0.25) is 4.79 Å². The molecule has 0 aromatic heterocycles. The third-order valence-electron chi connectivity index (χ3n) is 4.43. The molecule has 0 saturated carbocycles. The van der Waals surface area contributed by atoms with Gasteiger partial charge in [-0.05, 0) is 43.3 Å². The molecule has 0 aliphatic rings. The summed E-state index contributed by atoms with van der Waals surface area (Å²) in [7, 11) is 1.68. The maximum atomic E-state index is 12.9. The molecule has 0 saturated heterocycles. The summed E-state index contributed by atoms with van der Waals surface area (Å²) in [5.74, 6) is -0.116. The maximum Gasteiger partial charge on any atom is 0.339 e. The van der Waals surface area contributed by atoms with Crippen molar-refractivity contribution in [2.45, 2.75) is 6.92 Å². The molecule has 3 aromatic carbocycles. The van der Waals surface area contributed by atoms with Crippen LogP contribution in [0.3, 0.4) is 0 Å². The summed E-state index contributed by atoms with van der Waals surface area (Å²) in [6.45, 7) is 2.32. The Labute approximate surface area is 170 Å². The van der Waals surface area contributed by atoms with Crippen LogP contribution in [0.1, 0.15) is 26.3 Å². The van der Waals surface area contributed by atoms with Crippen LogP contribution in [-0.4, -0.2) is 32.1 Å². The van der Waals surface area contributed by atoms with Gasteiger partial charge in [-0.15, -0.1) is 0 Å². The normalized spacial score (nSPS) is 10.3. The summed E-state index contributed by atoms with van der Waals surface area (Å²) < 4.78 is 10.9. The number of amides is 1.